The second kappa shape index (κ2) is 4.31. The van der Waals surface area contributed by atoms with Crippen LogP contribution in [-0.4, -0.2) is 28.9 Å². The highest BCUT2D eigenvalue weighted by molar-refractivity contribution is 7.11. The number of nitrogens with zero attached hydrogens (tertiary/aromatic N) is 2. The van der Waals surface area contributed by atoms with Crippen LogP contribution in [0.15, 0.2) is 5.51 Å². The van der Waals surface area contributed by atoms with Crippen LogP contribution in [0, 0.1) is 12.8 Å². The standard InChI is InChI=1S/C11H16N2OS/c1-8-4-3-5-13(6-8)11(14)10-9(2)12-7-15-10/h7-8H,3-6H2,1-2H3/t8-/m1/s1. The summed E-state index contributed by atoms with van der Waals surface area (Å²) in [5.74, 6) is 0.803. The third-order valence-corrected chi connectivity index (χ3v) is 3.80. The molecule has 0 aromatic carbocycles. The summed E-state index contributed by atoms with van der Waals surface area (Å²) in [5.41, 5.74) is 2.61. The van der Waals surface area contributed by atoms with E-state index >= 15 is 0 Å². The normalized spacial score (nSPS) is 21.7. The van der Waals surface area contributed by atoms with Crippen LogP contribution in [0.4, 0.5) is 0 Å². The monoisotopic (exact) mass is 224 g/mol. The zero-order chi connectivity index (χ0) is 10.8. The quantitative estimate of drug-likeness (QED) is 0.733. The number of aryl methyl sites for hydroxylation is 1. The zero-order valence-electron chi connectivity index (χ0n) is 9.19. The van der Waals surface area contributed by atoms with Gasteiger partial charge in [0.2, 0.25) is 0 Å². The van der Waals surface area contributed by atoms with E-state index in [4.69, 9.17) is 0 Å². The summed E-state index contributed by atoms with van der Waals surface area (Å²) in [6, 6.07) is 0. The first-order valence-electron chi connectivity index (χ1n) is 5.38. The van der Waals surface area contributed by atoms with Crippen molar-refractivity contribution < 1.29 is 4.79 Å². The van der Waals surface area contributed by atoms with Gasteiger partial charge in [0.1, 0.15) is 4.88 Å². The number of thiazole rings is 1. The zero-order valence-corrected chi connectivity index (χ0v) is 10.0. The van der Waals surface area contributed by atoms with Crippen molar-refractivity contribution in [2.75, 3.05) is 13.1 Å². The Hall–Kier alpha value is -0.900. The molecular formula is C11H16N2OS. The highest BCUT2D eigenvalue weighted by Crippen LogP contribution is 2.20. The maximum atomic E-state index is 12.1. The molecule has 1 aromatic heterocycles. The summed E-state index contributed by atoms with van der Waals surface area (Å²) in [6.45, 7) is 5.91. The van der Waals surface area contributed by atoms with Gasteiger partial charge < -0.3 is 4.90 Å². The average molecular weight is 224 g/mol. The minimum absolute atomic E-state index is 0.168. The van der Waals surface area contributed by atoms with E-state index in [9.17, 15) is 4.79 Å². The molecule has 0 bridgehead atoms. The van der Waals surface area contributed by atoms with E-state index in [0.717, 1.165) is 30.1 Å². The molecule has 3 nitrogen and oxygen atoms in total. The Bertz CT molecular complexity index is 361. The summed E-state index contributed by atoms with van der Waals surface area (Å²) in [5, 5.41) is 0. The van der Waals surface area contributed by atoms with E-state index in [1.54, 1.807) is 5.51 Å². The van der Waals surface area contributed by atoms with Gasteiger partial charge >= 0.3 is 0 Å². The molecule has 0 unspecified atom stereocenters. The lowest BCUT2D eigenvalue weighted by molar-refractivity contribution is 0.0687. The molecule has 0 saturated carbocycles. The second-order valence-electron chi connectivity index (χ2n) is 4.27. The van der Waals surface area contributed by atoms with E-state index < -0.39 is 0 Å². The van der Waals surface area contributed by atoms with Crippen LogP contribution in [0.5, 0.6) is 0 Å². The predicted molar refractivity (Wildman–Crippen MR) is 61.2 cm³/mol. The molecule has 0 N–H and O–H groups in total. The molecule has 2 heterocycles. The summed E-state index contributed by atoms with van der Waals surface area (Å²) in [4.78, 5) is 19.0. The first-order chi connectivity index (χ1) is 7.18. The van der Waals surface area contributed by atoms with Crippen molar-refractivity contribution in [3.05, 3.63) is 16.1 Å². The topological polar surface area (TPSA) is 33.2 Å². The smallest absolute Gasteiger partial charge is 0.265 e. The first kappa shape index (κ1) is 10.6. The molecule has 1 aliphatic rings. The Morgan fingerprint density at radius 2 is 2.47 bits per heavy atom. The fourth-order valence-corrected chi connectivity index (χ4v) is 2.79. The molecular weight excluding hydrogens is 208 g/mol. The van der Waals surface area contributed by atoms with Crippen molar-refractivity contribution in [2.45, 2.75) is 26.7 Å². The highest BCUT2D eigenvalue weighted by atomic mass is 32.1. The summed E-state index contributed by atoms with van der Waals surface area (Å²) in [7, 11) is 0. The molecule has 1 aliphatic heterocycles. The van der Waals surface area contributed by atoms with Gasteiger partial charge in [-0.25, -0.2) is 4.98 Å². The van der Waals surface area contributed by atoms with Crippen LogP contribution < -0.4 is 0 Å². The average Bonchev–Trinajstić information content (AvgIpc) is 2.63. The molecule has 0 spiro atoms. The van der Waals surface area contributed by atoms with Crippen molar-refractivity contribution in [1.82, 2.24) is 9.88 Å². The van der Waals surface area contributed by atoms with Crippen molar-refractivity contribution in [2.24, 2.45) is 5.92 Å². The van der Waals surface area contributed by atoms with Gasteiger partial charge in [-0.1, -0.05) is 6.92 Å². The van der Waals surface area contributed by atoms with Gasteiger partial charge in [-0.2, -0.15) is 0 Å². The van der Waals surface area contributed by atoms with Crippen LogP contribution in [0.25, 0.3) is 0 Å². The van der Waals surface area contributed by atoms with E-state index in [-0.39, 0.29) is 5.91 Å². The maximum absolute atomic E-state index is 12.1. The van der Waals surface area contributed by atoms with Gasteiger partial charge in [0.15, 0.2) is 0 Å². The molecule has 1 fully saturated rings. The van der Waals surface area contributed by atoms with Crippen LogP contribution in [0.3, 0.4) is 0 Å². The minimum Gasteiger partial charge on any atom is -0.338 e. The lowest BCUT2D eigenvalue weighted by Gasteiger charge is -2.30. The SMILES string of the molecule is Cc1ncsc1C(=O)N1CCC[C@@H](C)C1. The highest BCUT2D eigenvalue weighted by Gasteiger charge is 2.24. The van der Waals surface area contributed by atoms with Gasteiger partial charge in [-0.05, 0) is 25.7 Å². The first-order valence-corrected chi connectivity index (χ1v) is 6.26. The van der Waals surface area contributed by atoms with E-state index in [1.807, 2.05) is 11.8 Å². The van der Waals surface area contributed by atoms with Gasteiger partial charge in [0.25, 0.3) is 5.91 Å². The van der Waals surface area contributed by atoms with Gasteiger partial charge in [-0.15, -0.1) is 11.3 Å². The Labute approximate surface area is 94.1 Å². The largest absolute Gasteiger partial charge is 0.338 e. The maximum Gasteiger partial charge on any atom is 0.265 e. The van der Waals surface area contributed by atoms with Crippen molar-refractivity contribution in [1.29, 1.82) is 0 Å². The number of hydrogen-bond acceptors (Lipinski definition) is 3. The van der Waals surface area contributed by atoms with Gasteiger partial charge in [-0.3, -0.25) is 4.79 Å². The van der Waals surface area contributed by atoms with Gasteiger partial charge in [0, 0.05) is 13.1 Å². The predicted octanol–water partition coefficient (Wildman–Crippen LogP) is 2.32. The lowest BCUT2D eigenvalue weighted by Crippen LogP contribution is -2.39. The van der Waals surface area contributed by atoms with E-state index in [0.29, 0.717) is 5.92 Å². The Balaban J connectivity index is 2.11. The molecule has 82 valence electrons. The van der Waals surface area contributed by atoms with E-state index in [2.05, 4.69) is 11.9 Å². The van der Waals surface area contributed by atoms with Crippen LogP contribution in [0.2, 0.25) is 0 Å². The summed E-state index contributed by atoms with van der Waals surface area (Å²) in [6.07, 6.45) is 2.37. The number of piperidine rings is 1. The van der Waals surface area contributed by atoms with Crippen LogP contribution >= 0.6 is 11.3 Å². The second-order valence-corrected chi connectivity index (χ2v) is 5.12. The van der Waals surface area contributed by atoms with Crippen molar-refractivity contribution in [3.8, 4) is 0 Å². The summed E-state index contributed by atoms with van der Waals surface area (Å²) >= 11 is 1.45. The number of carbonyl (C=O) groups excluding carboxylic acids is 1. The lowest BCUT2D eigenvalue weighted by atomic mass is 10.0. The fraction of sp³-hybridized carbons (Fsp3) is 0.636. The van der Waals surface area contributed by atoms with Crippen LogP contribution in [0.1, 0.15) is 35.1 Å². The molecule has 0 radical (unpaired) electrons. The van der Waals surface area contributed by atoms with Crippen LogP contribution in [-0.2, 0) is 0 Å². The molecule has 1 aromatic rings. The van der Waals surface area contributed by atoms with Crippen molar-refractivity contribution >= 4 is 17.2 Å². The number of rotatable bonds is 1. The Morgan fingerprint density at radius 3 is 3.07 bits per heavy atom. The van der Waals surface area contributed by atoms with E-state index in [1.165, 1.54) is 17.8 Å². The third-order valence-electron chi connectivity index (χ3n) is 2.88. The molecule has 2 rings (SSSR count). The van der Waals surface area contributed by atoms with Crippen molar-refractivity contribution in [3.63, 3.8) is 0 Å². The fourth-order valence-electron chi connectivity index (χ4n) is 2.02. The Morgan fingerprint density at radius 1 is 1.67 bits per heavy atom. The van der Waals surface area contributed by atoms with Gasteiger partial charge in [0.05, 0.1) is 11.2 Å². The summed E-state index contributed by atoms with van der Waals surface area (Å²) < 4.78 is 0. The number of amides is 1. The minimum atomic E-state index is 0.168. The number of aromatic nitrogens is 1. The third kappa shape index (κ3) is 2.20. The Kier molecular flexibility index (Phi) is 3.05. The molecule has 1 atom stereocenters. The molecule has 0 aliphatic carbocycles. The molecule has 1 amide bonds. The number of carbonyl (C=O) groups is 1. The molecule has 4 heteroatoms. The molecule has 15 heavy (non-hydrogen) atoms. The number of hydrogen-bond donors (Lipinski definition) is 0. The molecule has 1 saturated heterocycles. The number of likely N-dealkylation sites (tertiary alicyclic amines) is 1.